The molecule has 0 bridgehead atoms. The zero-order chi connectivity index (χ0) is 21.5. The Morgan fingerprint density at radius 3 is 2.53 bits per heavy atom. The summed E-state index contributed by atoms with van der Waals surface area (Å²) in [7, 11) is 1.62. The van der Waals surface area contributed by atoms with E-state index in [2.05, 4.69) is 10.1 Å². The molecule has 2 aromatic heterocycles. The fourth-order valence-electron chi connectivity index (χ4n) is 4.05. The highest BCUT2D eigenvalue weighted by Crippen LogP contribution is 2.30. The van der Waals surface area contributed by atoms with Crippen molar-refractivity contribution in [1.29, 1.82) is 0 Å². The van der Waals surface area contributed by atoms with Gasteiger partial charge in [-0.15, -0.1) is 0 Å². The van der Waals surface area contributed by atoms with E-state index in [1.165, 1.54) is 10.7 Å². The minimum atomic E-state index is -4.41. The smallest absolute Gasteiger partial charge is 0.353 e. The maximum absolute atomic E-state index is 13.0. The predicted octanol–water partition coefficient (Wildman–Crippen LogP) is 1.65. The van der Waals surface area contributed by atoms with E-state index in [0.717, 1.165) is 23.5 Å². The SMILES string of the molecule is Cn1nc2c(cc1=O)C[C@H](C(=O)N1CCN(c3ccc(C(F)(F)F)cn3)CC1)CC2. The molecule has 3 heterocycles. The number of anilines is 1. The van der Waals surface area contributed by atoms with Crippen LogP contribution in [-0.4, -0.2) is 51.8 Å². The lowest BCUT2D eigenvalue weighted by molar-refractivity contribution is -0.138. The summed E-state index contributed by atoms with van der Waals surface area (Å²) in [5.41, 5.74) is 0.760. The summed E-state index contributed by atoms with van der Waals surface area (Å²) in [6.07, 6.45) is -1.70. The van der Waals surface area contributed by atoms with Gasteiger partial charge in [-0.3, -0.25) is 9.59 Å². The van der Waals surface area contributed by atoms with Gasteiger partial charge in [-0.2, -0.15) is 18.3 Å². The van der Waals surface area contributed by atoms with Crippen molar-refractivity contribution < 1.29 is 18.0 Å². The van der Waals surface area contributed by atoms with Crippen LogP contribution in [0.25, 0.3) is 0 Å². The lowest BCUT2D eigenvalue weighted by Gasteiger charge is -2.37. The molecule has 0 N–H and O–H groups in total. The Kier molecular flexibility index (Phi) is 5.25. The largest absolute Gasteiger partial charge is 0.417 e. The van der Waals surface area contributed by atoms with Crippen LogP contribution in [0.1, 0.15) is 23.2 Å². The molecule has 2 aliphatic rings. The number of carbonyl (C=O) groups excluding carboxylic acids is 1. The van der Waals surface area contributed by atoms with Crippen molar-refractivity contribution in [2.75, 3.05) is 31.1 Å². The van der Waals surface area contributed by atoms with E-state index in [1.807, 2.05) is 4.90 Å². The first-order chi connectivity index (χ1) is 14.2. The minimum Gasteiger partial charge on any atom is -0.353 e. The molecule has 0 aromatic carbocycles. The van der Waals surface area contributed by atoms with Gasteiger partial charge in [0, 0.05) is 51.4 Å². The molecule has 0 unspecified atom stereocenters. The first-order valence-electron chi connectivity index (χ1n) is 9.85. The summed E-state index contributed by atoms with van der Waals surface area (Å²) in [5, 5.41) is 4.28. The lowest BCUT2D eigenvalue weighted by Crippen LogP contribution is -2.51. The highest BCUT2D eigenvalue weighted by Gasteiger charge is 2.33. The van der Waals surface area contributed by atoms with Crippen molar-refractivity contribution in [3.8, 4) is 0 Å². The second kappa shape index (κ2) is 7.73. The highest BCUT2D eigenvalue weighted by atomic mass is 19.4. The molecule has 1 atom stereocenters. The highest BCUT2D eigenvalue weighted by molar-refractivity contribution is 5.79. The number of aryl methyl sites for hydroxylation is 2. The number of pyridine rings is 1. The summed E-state index contributed by atoms with van der Waals surface area (Å²) in [6.45, 7) is 1.99. The van der Waals surface area contributed by atoms with Gasteiger partial charge in [0.05, 0.1) is 11.3 Å². The summed E-state index contributed by atoms with van der Waals surface area (Å²) in [5.74, 6) is 0.354. The van der Waals surface area contributed by atoms with Crippen LogP contribution in [0, 0.1) is 5.92 Å². The van der Waals surface area contributed by atoms with Gasteiger partial charge in [-0.05, 0) is 37.0 Å². The first-order valence-corrected chi connectivity index (χ1v) is 9.85. The number of rotatable bonds is 2. The van der Waals surface area contributed by atoms with Crippen molar-refractivity contribution in [3.05, 3.63) is 51.6 Å². The number of halogens is 3. The average molecular weight is 421 g/mol. The Labute approximate surface area is 171 Å². The summed E-state index contributed by atoms with van der Waals surface area (Å²) in [4.78, 5) is 32.4. The van der Waals surface area contributed by atoms with Gasteiger partial charge in [0.25, 0.3) is 5.56 Å². The van der Waals surface area contributed by atoms with Crippen LogP contribution < -0.4 is 10.5 Å². The zero-order valence-electron chi connectivity index (χ0n) is 16.5. The number of amides is 1. The number of carbonyl (C=O) groups is 1. The number of nitrogens with zero attached hydrogens (tertiary/aromatic N) is 5. The van der Waals surface area contributed by atoms with Crippen molar-refractivity contribution in [1.82, 2.24) is 19.7 Å². The van der Waals surface area contributed by atoms with Crippen molar-refractivity contribution in [3.63, 3.8) is 0 Å². The van der Waals surface area contributed by atoms with Crippen LogP contribution in [0.2, 0.25) is 0 Å². The molecule has 0 radical (unpaired) electrons. The molecule has 10 heteroatoms. The topological polar surface area (TPSA) is 71.3 Å². The molecule has 0 saturated carbocycles. The summed E-state index contributed by atoms with van der Waals surface area (Å²) >= 11 is 0. The number of piperazine rings is 1. The van der Waals surface area contributed by atoms with Crippen molar-refractivity contribution in [2.24, 2.45) is 13.0 Å². The van der Waals surface area contributed by atoms with Gasteiger partial charge < -0.3 is 9.80 Å². The zero-order valence-corrected chi connectivity index (χ0v) is 16.5. The Hall–Kier alpha value is -2.91. The summed E-state index contributed by atoms with van der Waals surface area (Å²) in [6, 6.07) is 3.96. The van der Waals surface area contributed by atoms with E-state index >= 15 is 0 Å². The van der Waals surface area contributed by atoms with Crippen LogP contribution >= 0.6 is 0 Å². The predicted molar refractivity (Wildman–Crippen MR) is 103 cm³/mol. The third kappa shape index (κ3) is 4.03. The molecule has 160 valence electrons. The molecule has 1 aliphatic carbocycles. The minimum absolute atomic E-state index is 0.0568. The van der Waals surface area contributed by atoms with E-state index in [9.17, 15) is 22.8 Å². The Morgan fingerprint density at radius 2 is 1.90 bits per heavy atom. The molecule has 1 fully saturated rings. The van der Waals surface area contributed by atoms with E-state index in [1.54, 1.807) is 18.0 Å². The van der Waals surface area contributed by atoms with Crippen LogP contribution in [-0.2, 0) is 30.9 Å². The molecule has 4 rings (SSSR count). The van der Waals surface area contributed by atoms with Crippen molar-refractivity contribution >= 4 is 11.7 Å². The number of alkyl halides is 3. The molecule has 7 nitrogen and oxygen atoms in total. The second-order valence-electron chi connectivity index (χ2n) is 7.73. The van der Waals surface area contributed by atoms with Crippen LogP contribution in [0.4, 0.5) is 19.0 Å². The van der Waals surface area contributed by atoms with Gasteiger partial charge in [-0.25, -0.2) is 9.67 Å². The molecular weight excluding hydrogens is 399 g/mol. The van der Waals surface area contributed by atoms with E-state index in [0.29, 0.717) is 51.3 Å². The molecule has 1 aliphatic heterocycles. The van der Waals surface area contributed by atoms with Gasteiger partial charge in [0.15, 0.2) is 0 Å². The Balaban J connectivity index is 1.36. The van der Waals surface area contributed by atoms with Gasteiger partial charge in [-0.1, -0.05) is 0 Å². The number of hydrogen-bond donors (Lipinski definition) is 0. The monoisotopic (exact) mass is 421 g/mol. The maximum atomic E-state index is 13.0. The van der Waals surface area contributed by atoms with E-state index < -0.39 is 11.7 Å². The molecule has 1 saturated heterocycles. The Bertz CT molecular complexity index is 995. The van der Waals surface area contributed by atoms with E-state index in [-0.39, 0.29) is 17.4 Å². The van der Waals surface area contributed by atoms with Crippen LogP contribution in [0.15, 0.2) is 29.2 Å². The van der Waals surface area contributed by atoms with Gasteiger partial charge in [0.2, 0.25) is 5.91 Å². The summed E-state index contributed by atoms with van der Waals surface area (Å²) < 4.78 is 39.4. The standard InChI is InChI=1S/C20H22F3N5O2/c1-26-18(29)11-14-10-13(2-4-16(14)25-26)19(30)28-8-6-27(7-9-28)17-5-3-15(12-24-17)20(21,22)23/h3,5,11-13H,2,4,6-10H2,1H3/t13-/m1/s1. The third-order valence-corrected chi connectivity index (χ3v) is 5.79. The van der Waals surface area contributed by atoms with Crippen LogP contribution in [0.3, 0.4) is 0 Å². The maximum Gasteiger partial charge on any atom is 0.417 e. The lowest BCUT2D eigenvalue weighted by atomic mass is 9.86. The Morgan fingerprint density at radius 1 is 1.17 bits per heavy atom. The number of hydrogen-bond acceptors (Lipinski definition) is 5. The fourth-order valence-corrected chi connectivity index (χ4v) is 4.05. The number of aromatic nitrogens is 3. The quantitative estimate of drug-likeness (QED) is 0.738. The van der Waals surface area contributed by atoms with Gasteiger partial charge in [0.1, 0.15) is 5.82 Å². The van der Waals surface area contributed by atoms with E-state index in [4.69, 9.17) is 0 Å². The van der Waals surface area contributed by atoms with Crippen molar-refractivity contribution in [2.45, 2.75) is 25.4 Å². The second-order valence-corrected chi connectivity index (χ2v) is 7.73. The average Bonchev–Trinajstić information content (AvgIpc) is 2.73. The van der Waals surface area contributed by atoms with Gasteiger partial charge >= 0.3 is 6.18 Å². The molecule has 1 amide bonds. The molecule has 2 aromatic rings. The number of fused-ring (bicyclic) bond motifs is 1. The van der Waals surface area contributed by atoms with Crippen LogP contribution in [0.5, 0.6) is 0 Å². The fraction of sp³-hybridized carbons (Fsp3) is 0.500. The molecule has 0 spiro atoms. The molecule has 30 heavy (non-hydrogen) atoms. The molecular formula is C20H22F3N5O2. The third-order valence-electron chi connectivity index (χ3n) is 5.79. The first kappa shape index (κ1) is 20.4. The normalized spacial score (nSPS) is 19.5.